The monoisotopic (exact) mass is 287 g/mol. The van der Waals surface area contributed by atoms with Gasteiger partial charge in [0, 0.05) is 5.39 Å². The first kappa shape index (κ1) is 12.6. The van der Waals surface area contributed by atoms with Crippen LogP contribution in [0.2, 0.25) is 0 Å². The van der Waals surface area contributed by atoms with E-state index in [0.29, 0.717) is 11.1 Å². The molecular formula is C14H10FN3OS. The number of halogens is 1. The molecule has 100 valence electrons. The minimum absolute atomic E-state index is 0.102. The lowest BCUT2D eigenvalue weighted by Crippen LogP contribution is -2.21. The average molecular weight is 287 g/mol. The quantitative estimate of drug-likeness (QED) is 0.785. The first-order valence-electron chi connectivity index (χ1n) is 5.84. The van der Waals surface area contributed by atoms with Crippen molar-refractivity contribution in [3.63, 3.8) is 0 Å². The summed E-state index contributed by atoms with van der Waals surface area (Å²) in [5.74, 6) is -0.524. The summed E-state index contributed by atoms with van der Waals surface area (Å²) < 4.78 is 14.7. The van der Waals surface area contributed by atoms with E-state index in [-0.39, 0.29) is 5.52 Å². The Balaban J connectivity index is 2.17. The van der Waals surface area contributed by atoms with Crippen molar-refractivity contribution < 1.29 is 9.18 Å². The summed E-state index contributed by atoms with van der Waals surface area (Å²) >= 11 is 1.58. The number of thiophene rings is 1. The molecule has 1 aromatic carbocycles. The van der Waals surface area contributed by atoms with Crippen LogP contribution in [0.4, 0.5) is 9.18 Å². The van der Waals surface area contributed by atoms with E-state index in [2.05, 4.69) is 5.10 Å². The molecule has 3 rings (SSSR count). The van der Waals surface area contributed by atoms with E-state index >= 15 is 0 Å². The first-order valence-corrected chi connectivity index (χ1v) is 6.78. The Morgan fingerprint density at radius 3 is 2.90 bits per heavy atom. The third-order valence-electron chi connectivity index (χ3n) is 2.87. The molecule has 4 nitrogen and oxygen atoms in total. The maximum Gasteiger partial charge on any atom is 0.340 e. The zero-order chi connectivity index (χ0) is 14.1. The number of benzene rings is 1. The lowest BCUT2D eigenvalue weighted by atomic mass is 10.2. The van der Waals surface area contributed by atoms with Gasteiger partial charge in [0.2, 0.25) is 0 Å². The SMILES string of the molecule is NC(=O)n1nc(/C=C/c2ccsc2)c2cccc(F)c21. The molecule has 0 fully saturated rings. The van der Waals surface area contributed by atoms with Crippen LogP contribution in [0, 0.1) is 5.82 Å². The number of aromatic nitrogens is 2. The van der Waals surface area contributed by atoms with Crippen molar-refractivity contribution in [2.24, 2.45) is 5.73 Å². The highest BCUT2D eigenvalue weighted by Crippen LogP contribution is 2.23. The molecule has 0 spiro atoms. The zero-order valence-electron chi connectivity index (χ0n) is 10.3. The van der Waals surface area contributed by atoms with Crippen molar-refractivity contribution in [2.45, 2.75) is 0 Å². The van der Waals surface area contributed by atoms with Crippen molar-refractivity contribution in [2.75, 3.05) is 0 Å². The summed E-state index contributed by atoms with van der Waals surface area (Å²) in [5, 5.41) is 8.55. The van der Waals surface area contributed by atoms with Gasteiger partial charge < -0.3 is 5.73 Å². The van der Waals surface area contributed by atoms with Crippen molar-refractivity contribution in [3.05, 3.63) is 52.1 Å². The van der Waals surface area contributed by atoms with Crippen LogP contribution in [0.1, 0.15) is 11.3 Å². The number of primary amides is 1. The lowest BCUT2D eigenvalue weighted by Gasteiger charge is -1.96. The lowest BCUT2D eigenvalue weighted by molar-refractivity contribution is 0.248. The summed E-state index contributed by atoms with van der Waals surface area (Å²) in [6, 6.07) is 5.70. The molecule has 20 heavy (non-hydrogen) atoms. The van der Waals surface area contributed by atoms with Gasteiger partial charge in [-0.05, 0) is 34.5 Å². The number of amides is 1. The number of carbonyl (C=O) groups is 1. The Morgan fingerprint density at radius 1 is 1.35 bits per heavy atom. The van der Waals surface area contributed by atoms with Gasteiger partial charge in [-0.15, -0.1) is 0 Å². The zero-order valence-corrected chi connectivity index (χ0v) is 11.1. The van der Waals surface area contributed by atoms with E-state index in [1.807, 2.05) is 22.9 Å². The van der Waals surface area contributed by atoms with E-state index in [1.54, 1.807) is 29.5 Å². The Morgan fingerprint density at radius 2 is 2.20 bits per heavy atom. The number of carbonyl (C=O) groups excluding carboxylic acids is 1. The second kappa shape index (κ2) is 4.90. The average Bonchev–Trinajstić information content (AvgIpc) is 3.04. The summed E-state index contributed by atoms with van der Waals surface area (Å²) in [6.45, 7) is 0. The van der Waals surface area contributed by atoms with Gasteiger partial charge >= 0.3 is 6.03 Å². The molecule has 6 heteroatoms. The normalized spacial score (nSPS) is 11.4. The van der Waals surface area contributed by atoms with Crippen LogP contribution in [-0.2, 0) is 0 Å². The van der Waals surface area contributed by atoms with E-state index in [9.17, 15) is 9.18 Å². The van der Waals surface area contributed by atoms with Gasteiger partial charge in [-0.1, -0.05) is 18.2 Å². The molecule has 2 aromatic heterocycles. The number of hydrogen-bond acceptors (Lipinski definition) is 3. The molecule has 1 amide bonds. The summed E-state index contributed by atoms with van der Waals surface area (Å²) in [7, 11) is 0. The maximum absolute atomic E-state index is 13.8. The second-order valence-electron chi connectivity index (χ2n) is 4.16. The molecule has 0 unspecified atom stereocenters. The number of nitrogens with zero attached hydrogens (tertiary/aromatic N) is 2. The summed E-state index contributed by atoms with van der Waals surface area (Å²) in [4.78, 5) is 11.3. The summed E-state index contributed by atoms with van der Waals surface area (Å²) in [6.07, 6.45) is 3.60. The van der Waals surface area contributed by atoms with E-state index < -0.39 is 11.8 Å². The minimum atomic E-state index is -0.810. The standard InChI is InChI=1S/C14H10FN3OS/c15-11-3-1-2-10-12(5-4-9-6-7-20-8-9)17-18(13(10)11)14(16)19/h1-8H,(H2,16,19)/b5-4+. The first-order chi connectivity index (χ1) is 9.66. The Labute approximate surface area is 117 Å². The fourth-order valence-electron chi connectivity index (χ4n) is 1.98. The van der Waals surface area contributed by atoms with Gasteiger partial charge in [-0.25, -0.2) is 9.18 Å². The molecule has 0 bridgehead atoms. The minimum Gasteiger partial charge on any atom is -0.350 e. The Hall–Kier alpha value is -2.47. The van der Waals surface area contributed by atoms with Crippen molar-refractivity contribution in [1.29, 1.82) is 0 Å². The number of para-hydroxylation sites is 1. The predicted octanol–water partition coefficient (Wildman–Crippen LogP) is 3.33. The van der Waals surface area contributed by atoms with Crippen LogP contribution in [0.3, 0.4) is 0 Å². The van der Waals surface area contributed by atoms with Gasteiger partial charge in [-0.3, -0.25) is 0 Å². The molecule has 0 saturated heterocycles. The highest BCUT2D eigenvalue weighted by Gasteiger charge is 2.15. The van der Waals surface area contributed by atoms with Crippen molar-refractivity contribution in [3.8, 4) is 0 Å². The van der Waals surface area contributed by atoms with E-state index in [0.717, 1.165) is 10.2 Å². The molecule has 0 aliphatic heterocycles. The van der Waals surface area contributed by atoms with E-state index in [4.69, 9.17) is 5.73 Å². The van der Waals surface area contributed by atoms with Crippen molar-refractivity contribution in [1.82, 2.24) is 9.78 Å². The van der Waals surface area contributed by atoms with Gasteiger partial charge in [0.25, 0.3) is 0 Å². The van der Waals surface area contributed by atoms with Crippen LogP contribution in [0.5, 0.6) is 0 Å². The third-order valence-corrected chi connectivity index (χ3v) is 3.57. The second-order valence-corrected chi connectivity index (χ2v) is 4.94. The van der Waals surface area contributed by atoms with Crippen LogP contribution in [0.15, 0.2) is 35.0 Å². The fourth-order valence-corrected chi connectivity index (χ4v) is 2.61. The third kappa shape index (κ3) is 2.10. The molecule has 0 aliphatic rings. The molecule has 3 aromatic rings. The molecule has 0 aliphatic carbocycles. The molecular weight excluding hydrogens is 277 g/mol. The Kier molecular flexibility index (Phi) is 3.08. The van der Waals surface area contributed by atoms with Crippen LogP contribution >= 0.6 is 11.3 Å². The predicted molar refractivity (Wildman–Crippen MR) is 77.9 cm³/mol. The maximum atomic E-state index is 13.8. The molecule has 0 atom stereocenters. The van der Waals surface area contributed by atoms with Crippen LogP contribution in [0.25, 0.3) is 23.1 Å². The van der Waals surface area contributed by atoms with Gasteiger partial charge in [-0.2, -0.15) is 21.1 Å². The topological polar surface area (TPSA) is 60.9 Å². The van der Waals surface area contributed by atoms with Crippen LogP contribution in [-0.4, -0.2) is 15.8 Å². The highest BCUT2D eigenvalue weighted by atomic mass is 32.1. The van der Waals surface area contributed by atoms with Gasteiger partial charge in [0.15, 0.2) is 0 Å². The number of nitrogens with two attached hydrogens (primary N) is 1. The molecule has 2 N–H and O–H groups in total. The molecule has 0 saturated carbocycles. The van der Waals surface area contributed by atoms with Gasteiger partial charge in [0.1, 0.15) is 11.3 Å². The Bertz CT molecular complexity index is 805. The number of fused-ring (bicyclic) bond motifs is 1. The van der Waals surface area contributed by atoms with Crippen molar-refractivity contribution >= 4 is 40.4 Å². The number of rotatable bonds is 2. The van der Waals surface area contributed by atoms with Crippen LogP contribution < -0.4 is 5.73 Å². The molecule has 2 heterocycles. The smallest absolute Gasteiger partial charge is 0.340 e. The fraction of sp³-hybridized carbons (Fsp3) is 0. The largest absolute Gasteiger partial charge is 0.350 e. The van der Waals surface area contributed by atoms with E-state index in [1.165, 1.54) is 6.07 Å². The molecule has 0 radical (unpaired) electrons. The highest BCUT2D eigenvalue weighted by molar-refractivity contribution is 7.08. The number of hydrogen-bond donors (Lipinski definition) is 1. The summed E-state index contributed by atoms with van der Waals surface area (Å²) in [5.41, 5.74) is 6.85. The van der Waals surface area contributed by atoms with Gasteiger partial charge in [0.05, 0.1) is 5.69 Å².